The van der Waals surface area contributed by atoms with Crippen LogP contribution in [0.4, 0.5) is 0 Å². The van der Waals surface area contributed by atoms with Gasteiger partial charge < -0.3 is 14.8 Å². The van der Waals surface area contributed by atoms with Crippen molar-refractivity contribution in [1.82, 2.24) is 10.2 Å². The van der Waals surface area contributed by atoms with Gasteiger partial charge >= 0.3 is 11.9 Å². The molecule has 2 atom stereocenters. The fourth-order valence-corrected chi connectivity index (χ4v) is 4.89. The molecule has 1 unspecified atom stereocenters. The van der Waals surface area contributed by atoms with Gasteiger partial charge in [0.15, 0.2) is 0 Å². The van der Waals surface area contributed by atoms with Crippen LogP contribution in [-0.4, -0.2) is 59.5 Å². The maximum Gasteiger partial charge on any atom is 0.354 e. The molecule has 0 bridgehead atoms. The highest BCUT2D eigenvalue weighted by Gasteiger charge is 2.54. The molecule has 0 aliphatic carbocycles. The largest absolute Gasteiger partial charge is 0.464 e. The van der Waals surface area contributed by atoms with E-state index >= 15 is 0 Å². The summed E-state index contributed by atoms with van der Waals surface area (Å²) in [4.78, 5) is 50.3. The number of β-lactam (4-membered cyclic amide) rings is 1. The first kappa shape index (κ1) is 19.4. The van der Waals surface area contributed by atoms with E-state index < -0.39 is 18.0 Å². The summed E-state index contributed by atoms with van der Waals surface area (Å²) in [7, 11) is 1.22. The molecule has 2 aliphatic heterocycles. The van der Waals surface area contributed by atoms with Gasteiger partial charge in [0.05, 0.1) is 13.5 Å². The molecule has 0 radical (unpaired) electrons. The monoisotopic (exact) mass is 410 g/mol. The number of thioether (sulfide) groups is 1. The second-order valence-electron chi connectivity index (χ2n) is 5.94. The third-order valence-corrected chi connectivity index (χ3v) is 6.32. The fraction of sp³-hybridized carbons (Fsp3) is 0.412. The van der Waals surface area contributed by atoms with Crippen LogP contribution in [0.5, 0.6) is 0 Å². The number of hydrogen-bond donors (Lipinski definition) is 1. The van der Waals surface area contributed by atoms with E-state index in [9.17, 15) is 19.2 Å². The lowest BCUT2D eigenvalue weighted by Crippen LogP contribution is -2.70. The Bertz CT molecular complexity index is 804. The van der Waals surface area contributed by atoms with Crippen molar-refractivity contribution in [3.63, 3.8) is 0 Å². The summed E-state index contributed by atoms with van der Waals surface area (Å²) < 4.78 is 9.76. The lowest BCUT2D eigenvalue weighted by molar-refractivity contribution is -0.152. The number of esters is 2. The highest BCUT2D eigenvalue weighted by Crippen LogP contribution is 2.40. The predicted octanol–water partition coefficient (Wildman–Crippen LogP) is 0.681. The molecule has 0 aromatic carbocycles. The van der Waals surface area contributed by atoms with E-state index in [1.54, 1.807) is 0 Å². The number of fused-ring (bicyclic) bond motifs is 1. The Morgan fingerprint density at radius 3 is 2.78 bits per heavy atom. The minimum Gasteiger partial charge on any atom is -0.464 e. The van der Waals surface area contributed by atoms with Crippen LogP contribution in [0.25, 0.3) is 0 Å². The van der Waals surface area contributed by atoms with Gasteiger partial charge in [-0.3, -0.25) is 19.3 Å². The minimum atomic E-state index is -0.697. The maximum absolute atomic E-state index is 12.6. The molecule has 144 valence electrons. The lowest BCUT2D eigenvalue weighted by atomic mass is 10.0. The normalized spacial score (nSPS) is 21.3. The highest BCUT2D eigenvalue weighted by molar-refractivity contribution is 8.00. The number of carbonyl (C=O) groups excluding carboxylic acids is 4. The van der Waals surface area contributed by atoms with Gasteiger partial charge in [0.25, 0.3) is 5.91 Å². The summed E-state index contributed by atoms with van der Waals surface area (Å²) in [5.41, 5.74) is 0.603. The summed E-state index contributed by atoms with van der Waals surface area (Å²) in [6, 6.07) is 3.02. The topological polar surface area (TPSA) is 102 Å². The summed E-state index contributed by atoms with van der Waals surface area (Å²) >= 11 is 2.87. The molecule has 1 fully saturated rings. The molecule has 0 spiro atoms. The van der Waals surface area contributed by atoms with Crippen molar-refractivity contribution in [3.05, 3.63) is 33.7 Å². The van der Waals surface area contributed by atoms with Gasteiger partial charge in [0.2, 0.25) is 5.91 Å². The Kier molecular flexibility index (Phi) is 5.85. The Labute approximate surface area is 163 Å². The molecule has 8 nitrogen and oxygen atoms in total. The van der Waals surface area contributed by atoms with Gasteiger partial charge in [-0.1, -0.05) is 6.07 Å². The van der Waals surface area contributed by atoms with Crippen LogP contribution in [0.15, 0.2) is 28.8 Å². The maximum atomic E-state index is 12.6. The Hall–Kier alpha value is -2.33. The van der Waals surface area contributed by atoms with Gasteiger partial charge in [-0.05, 0) is 11.4 Å². The van der Waals surface area contributed by atoms with Crippen molar-refractivity contribution in [2.75, 3.05) is 19.5 Å². The van der Waals surface area contributed by atoms with E-state index in [0.29, 0.717) is 11.3 Å². The fourth-order valence-electron chi connectivity index (χ4n) is 2.86. The second kappa shape index (κ2) is 8.13. The van der Waals surface area contributed by atoms with Crippen molar-refractivity contribution in [2.45, 2.75) is 24.8 Å². The van der Waals surface area contributed by atoms with Gasteiger partial charge in [-0.25, -0.2) is 4.79 Å². The molecule has 2 amide bonds. The van der Waals surface area contributed by atoms with Crippen LogP contribution in [0.2, 0.25) is 0 Å². The van der Waals surface area contributed by atoms with Gasteiger partial charge in [0, 0.05) is 23.1 Å². The van der Waals surface area contributed by atoms with Gasteiger partial charge in [0.1, 0.15) is 23.7 Å². The van der Waals surface area contributed by atoms with E-state index in [1.165, 1.54) is 42.0 Å². The first-order chi connectivity index (χ1) is 12.9. The SMILES string of the molecule is COC(=O)C1=C(COC(C)=O)CS[C@@H]2C(NC(=O)Cc3cccs3)C(=O)N12. The zero-order chi connectivity index (χ0) is 19.6. The highest BCUT2D eigenvalue weighted by atomic mass is 32.2. The number of methoxy groups -OCH3 is 1. The standard InChI is InChI=1S/C17H18N2O6S2/c1-9(20)25-7-10-8-27-16-13(15(22)19(16)14(10)17(23)24-2)18-12(21)6-11-4-3-5-26-11/h3-5,13,16H,6-8H2,1-2H3,(H,18,21)/t13?,16-/m1/s1. The predicted molar refractivity (Wildman–Crippen MR) is 98.7 cm³/mol. The Morgan fingerprint density at radius 2 is 2.15 bits per heavy atom. The molecule has 3 heterocycles. The van der Waals surface area contributed by atoms with Crippen molar-refractivity contribution >= 4 is 46.9 Å². The van der Waals surface area contributed by atoms with Crippen LogP contribution in [-0.2, 0) is 35.1 Å². The van der Waals surface area contributed by atoms with E-state index in [4.69, 9.17) is 9.47 Å². The number of amides is 2. The van der Waals surface area contributed by atoms with Gasteiger partial charge in [-0.15, -0.1) is 23.1 Å². The number of nitrogens with zero attached hydrogens (tertiary/aromatic N) is 1. The molecule has 2 aliphatic rings. The number of hydrogen-bond acceptors (Lipinski definition) is 8. The quantitative estimate of drug-likeness (QED) is 0.543. The van der Waals surface area contributed by atoms with E-state index in [2.05, 4.69) is 5.32 Å². The zero-order valence-electron chi connectivity index (χ0n) is 14.7. The summed E-state index contributed by atoms with van der Waals surface area (Å²) in [6.45, 7) is 1.18. The first-order valence-corrected chi connectivity index (χ1v) is 10.0. The van der Waals surface area contributed by atoms with Gasteiger partial charge in [-0.2, -0.15) is 0 Å². The number of nitrogens with one attached hydrogen (secondary N) is 1. The van der Waals surface area contributed by atoms with Crippen molar-refractivity contribution in [2.24, 2.45) is 0 Å². The van der Waals surface area contributed by atoms with Crippen molar-refractivity contribution in [3.8, 4) is 0 Å². The van der Waals surface area contributed by atoms with Crippen molar-refractivity contribution < 1.29 is 28.7 Å². The van der Waals surface area contributed by atoms with Crippen molar-refractivity contribution in [1.29, 1.82) is 0 Å². The van der Waals surface area contributed by atoms with Crippen LogP contribution in [0, 0.1) is 0 Å². The average molecular weight is 410 g/mol. The smallest absolute Gasteiger partial charge is 0.354 e. The molecule has 0 saturated carbocycles. The third kappa shape index (κ3) is 4.01. The number of ether oxygens (including phenoxy) is 2. The molecular weight excluding hydrogens is 392 g/mol. The van der Waals surface area contributed by atoms with E-state index in [0.717, 1.165) is 4.88 Å². The Balaban J connectivity index is 1.72. The number of thiophene rings is 1. The molecular formula is C17H18N2O6S2. The second-order valence-corrected chi connectivity index (χ2v) is 8.07. The number of carbonyl (C=O) groups is 4. The van der Waals surface area contributed by atoms with E-state index in [-0.39, 0.29) is 35.9 Å². The molecule has 1 aromatic rings. The van der Waals surface area contributed by atoms with Crippen LogP contribution in [0.1, 0.15) is 11.8 Å². The summed E-state index contributed by atoms with van der Waals surface area (Å²) in [5, 5.41) is 4.24. The molecule has 1 aromatic heterocycles. The van der Waals surface area contributed by atoms with Crippen LogP contribution < -0.4 is 5.32 Å². The summed E-state index contributed by atoms with van der Waals surface area (Å²) in [6.07, 6.45) is 0.205. The van der Waals surface area contributed by atoms with E-state index in [1.807, 2.05) is 17.5 Å². The summed E-state index contributed by atoms with van der Waals surface area (Å²) in [5.74, 6) is -1.38. The first-order valence-electron chi connectivity index (χ1n) is 8.12. The zero-order valence-corrected chi connectivity index (χ0v) is 16.4. The molecule has 1 saturated heterocycles. The molecule has 10 heteroatoms. The lowest BCUT2D eigenvalue weighted by Gasteiger charge is -2.49. The molecule has 3 rings (SSSR count). The molecule has 1 N–H and O–H groups in total. The number of rotatable bonds is 6. The molecule has 27 heavy (non-hydrogen) atoms. The Morgan fingerprint density at radius 1 is 1.37 bits per heavy atom. The van der Waals surface area contributed by atoms with Crippen LogP contribution in [0.3, 0.4) is 0 Å². The average Bonchev–Trinajstić information content (AvgIpc) is 3.15. The minimum absolute atomic E-state index is 0.0847. The third-order valence-electron chi connectivity index (χ3n) is 4.11. The van der Waals surface area contributed by atoms with Crippen LogP contribution >= 0.6 is 23.1 Å².